The van der Waals surface area contributed by atoms with Gasteiger partial charge >= 0.3 is 5.97 Å². The Bertz CT molecular complexity index is 671. The highest BCUT2D eigenvalue weighted by Crippen LogP contribution is 2.31. The molecule has 0 spiro atoms. The summed E-state index contributed by atoms with van der Waals surface area (Å²) in [7, 11) is -3.96. The molecular formula is C13H15Cl2NO4S. The summed E-state index contributed by atoms with van der Waals surface area (Å²) >= 11 is 11.7. The molecule has 0 fully saturated rings. The van der Waals surface area contributed by atoms with Crippen LogP contribution in [0.5, 0.6) is 0 Å². The second kappa shape index (κ2) is 6.79. The maximum Gasteiger partial charge on any atom is 0.337 e. The van der Waals surface area contributed by atoms with Crippen LogP contribution in [0.3, 0.4) is 0 Å². The molecule has 0 aliphatic rings. The van der Waals surface area contributed by atoms with E-state index in [0.717, 1.165) is 12.1 Å². The van der Waals surface area contributed by atoms with Gasteiger partial charge in [-0.15, -0.1) is 6.58 Å². The highest BCUT2D eigenvalue weighted by Gasteiger charge is 2.29. The number of hydrogen-bond donors (Lipinski definition) is 1. The minimum atomic E-state index is -3.96. The molecule has 0 aliphatic carbocycles. The third-order valence-electron chi connectivity index (χ3n) is 2.72. The Kier molecular flexibility index (Phi) is 5.81. The zero-order valence-electron chi connectivity index (χ0n) is 11.5. The Labute approximate surface area is 133 Å². The summed E-state index contributed by atoms with van der Waals surface area (Å²) in [5, 5.41) is 8.80. The molecule has 1 N–H and O–H groups in total. The molecule has 0 heterocycles. The number of sulfonamides is 1. The van der Waals surface area contributed by atoms with E-state index in [9.17, 15) is 13.2 Å². The van der Waals surface area contributed by atoms with Crippen molar-refractivity contribution in [3.63, 3.8) is 0 Å². The summed E-state index contributed by atoms with van der Waals surface area (Å²) in [6.07, 6.45) is 1.44. The lowest BCUT2D eigenvalue weighted by molar-refractivity contribution is 0.0697. The smallest absolute Gasteiger partial charge is 0.337 e. The molecule has 0 atom stereocenters. The second-order valence-electron chi connectivity index (χ2n) is 4.52. The van der Waals surface area contributed by atoms with E-state index in [4.69, 9.17) is 28.3 Å². The van der Waals surface area contributed by atoms with E-state index in [1.54, 1.807) is 13.8 Å². The van der Waals surface area contributed by atoms with Crippen molar-refractivity contribution in [1.29, 1.82) is 0 Å². The van der Waals surface area contributed by atoms with Gasteiger partial charge in [0.2, 0.25) is 10.0 Å². The standard InChI is InChI=1S/C13H15Cl2NO4S/c1-4-5-16(8(2)3)21(19,20)12-6-9(13(17)18)10(14)7-11(12)15/h4,6-8H,1,5H2,2-3H3,(H,17,18). The number of carbonyl (C=O) groups is 1. The first-order valence-electron chi connectivity index (χ1n) is 5.98. The van der Waals surface area contributed by atoms with Gasteiger partial charge in [0, 0.05) is 12.6 Å². The Morgan fingerprint density at radius 1 is 1.38 bits per heavy atom. The zero-order valence-corrected chi connectivity index (χ0v) is 13.8. The Morgan fingerprint density at radius 2 is 1.95 bits per heavy atom. The monoisotopic (exact) mass is 351 g/mol. The average molecular weight is 352 g/mol. The van der Waals surface area contributed by atoms with Crippen molar-refractivity contribution in [1.82, 2.24) is 4.31 Å². The van der Waals surface area contributed by atoms with E-state index in [2.05, 4.69) is 6.58 Å². The topological polar surface area (TPSA) is 74.7 Å². The molecule has 0 aromatic heterocycles. The molecule has 0 unspecified atom stereocenters. The first-order chi connectivity index (χ1) is 9.62. The number of aromatic carboxylic acids is 1. The molecular weight excluding hydrogens is 337 g/mol. The fourth-order valence-corrected chi connectivity index (χ4v) is 4.17. The quantitative estimate of drug-likeness (QED) is 0.798. The van der Waals surface area contributed by atoms with Gasteiger partial charge < -0.3 is 5.11 Å². The third kappa shape index (κ3) is 3.77. The minimum Gasteiger partial charge on any atom is -0.478 e. The van der Waals surface area contributed by atoms with Crippen molar-refractivity contribution in [3.05, 3.63) is 40.4 Å². The van der Waals surface area contributed by atoms with Crippen LogP contribution < -0.4 is 0 Å². The van der Waals surface area contributed by atoms with Gasteiger partial charge in [-0.2, -0.15) is 4.31 Å². The van der Waals surface area contributed by atoms with Gasteiger partial charge in [-0.1, -0.05) is 29.3 Å². The number of hydrogen-bond acceptors (Lipinski definition) is 3. The number of carboxylic acid groups (broad SMARTS) is 1. The normalized spacial score (nSPS) is 11.9. The predicted octanol–water partition coefficient (Wildman–Crippen LogP) is 3.28. The highest BCUT2D eigenvalue weighted by atomic mass is 35.5. The van der Waals surface area contributed by atoms with Gasteiger partial charge in [0.15, 0.2) is 0 Å². The highest BCUT2D eigenvalue weighted by molar-refractivity contribution is 7.89. The molecule has 0 saturated heterocycles. The largest absolute Gasteiger partial charge is 0.478 e. The molecule has 8 heteroatoms. The van der Waals surface area contributed by atoms with Crippen LogP contribution in [-0.2, 0) is 10.0 Å². The fourth-order valence-electron chi connectivity index (χ4n) is 1.73. The van der Waals surface area contributed by atoms with Crippen LogP contribution in [0.4, 0.5) is 0 Å². The molecule has 5 nitrogen and oxygen atoms in total. The lowest BCUT2D eigenvalue weighted by atomic mass is 10.2. The number of halogens is 2. The summed E-state index contributed by atoms with van der Waals surface area (Å²) in [5.41, 5.74) is -0.318. The van der Waals surface area contributed by atoms with Crippen LogP contribution in [0.1, 0.15) is 24.2 Å². The van der Waals surface area contributed by atoms with Gasteiger partial charge in [-0.05, 0) is 26.0 Å². The Balaban J connectivity index is 3.53. The Hall–Kier alpha value is -1.08. The maximum atomic E-state index is 12.6. The van der Waals surface area contributed by atoms with Gasteiger partial charge in [0.25, 0.3) is 0 Å². The molecule has 0 aliphatic heterocycles. The molecule has 0 amide bonds. The van der Waals surface area contributed by atoms with Crippen LogP contribution in [0.25, 0.3) is 0 Å². The summed E-state index contributed by atoms with van der Waals surface area (Å²) in [5.74, 6) is -1.33. The summed E-state index contributed by atoms with van der Waals surface area (Å²) in [6, 6.07) is 1.75. The van der Waals surface area contributed by atoms with E-state index in [1.807, 2.05) is 0 Å². The molecule has 1 aromatic carbocycles. The molecule has 1 rings (SSSR count). The lowest BCUT2D eigenvalue weighted by Crippen LogP contribution is -2.37. The van der Waals surface area contributed by atoms with Gasteiger partial charge in [-0.3, -0.25) is 0 Å². The maximum absolute atomic E-state index is 12.6. The van der Waals surface area contributed by atoms with Crippen molar-refractivity contribution < 1.29 is 18.3 Å². The second-order valence-corrected chi connectivity index (χ2v) is 7.20. The Morgan fingerprint density at radius 3 is 2.38 bits per heavy atom. The molecule has 0 bridgehead atoms. The first kappa shape index (κ1) is 18.0. The van der Waals surface area contributed by atoms with Crippen molar-refractivity contribution in [2.45, 2.75) is 24.8 Å². The third-order valence-corrected chi connectivity index (χ3v) is 5.54. The zero-order chi connectivity index (χ0) is 16.4. The fraction of sp³-hybridized carbons (Fsp3) is 0.308. The number of benzene rings is 1. The van der Waals surface area contributed by atoms with E-state index in [1.165, 1.54) is 10.4 Å². The van der Waals surface area contributed by atoms with E-state index in [0.29, 0.717) is 0 Å². The van der Waals surface area contributed by atoms with Crippen molar-refractivity contribution in [2.75, 3.05) is 6.54 Å². The number of rotatable bonds is 6. The summed E-state index contributed by atoms with van der Waals surface area (Å²) < 4.78 is 26.4. The van der Waals surface area contributed by atoms with Gasteiger partial charge in [0.1, 0.15) is 4.90 Å². The molecule has 21 heavy (non-hydrogen) atoms. The van der Waals surface area contributed by atoms with E-state index < -0.39 is 16.0 Å². The van der Waals surface area contributed by atoms with Crippen molar-refractivity contribution in [2.24, 2.45) is 0 Å². The summed E-state index contributed by atoms with van der Waals surface area (Å²) in [4.78, 5) is 10.8. The number of carboxylic acids is 1. The van der Waals surface area contributed by atoms with Crippen LogP contribution in [0, 0.1) is 0 Å². The lowest BCUT2D eigenvalue weighted by Gasteiger charge is -2.25. The van der Waals surface area contributed by atoms with E-state index in [-0.39, 0.29) is 33.1 Å². The first-order valence-corrected chi connectivity index (χ1v) is 8.17. The van der Waals surface area contributed by atoms with Crippen LogP contribution in [-0.4, -0.2) is 36.4 Å². The van der Waals surface area contributed by atoms with Crippen molar-refractivity contribution in [3.8, 4) is 0 Å². The molecule has 0 radical (unpaired) electrons. The SMILES string of the molecule is C=CCN(C(C)C)S(=O)(=O)c1cc(C(=O)O)c(Cl)cc1Cl. The van der Waals surface area contributed by atoms with Gasteiger partial charge in [-0.25, -0.2) is 13.2 Å². The number of nitrogens with zero attached hydrogens (tertiary/aromatic N) is 1. The van der Waals surface area contributed by atoms with Crippen molar-refractivity contribution >= 4 is 39.2 Å². The molecule has 116 valence electrons. The minimum absolute atomic E-state index is 0.0847. The van der Waals surface area contributed by atoms with E-state index >= 15 is 0 Å². The van der Waals surface area contributed by atoms with Crippen LogP contribution in [0.2, 0.25) is 10.0 Å². The van der Waals surface area contributed by atoms with Gasteiger partial charge in [0.05, 0.1) is 15.6 Å². The average Bonchev–Trinajstić information content (AvgIpc) is 2.34. The van der Waals surface area contributed by atoms with Crippen LogP contribution in [0.15, 0.2) is 29.7 Å². The summed E-state index contributed by atoms with van der Waals surface area (Å²) in [6.45, 7) is 7.00. The van der Waals surface area contributed by atoms with Crippen LogP contribution >= 0.6 is 23.2 Å². The predicted molar refractivity (Wildman–Crippen MR) is 82.6 cm³/mol. The molecule has 0 saturated carbocycles. The molecule has 1 aromatic rings.